The summed E-state index contributed by atoms with van der Waals surface area (Å²) < 4.78 is 19.4. The van der Waals surface area contributed by atoms with E-state index in [-0.39, 0.29) is 232 Å². The van der Waals surface area contributed by atoms with Crippen molar-refractivity contribution in [3.8, 4) is 0 Å². The second-order valence-corrected chi connectivity index (χ2v) is 9.21. The first-order chi connectivity index (χ1) is 23.9. The molecule has 0 aromatic heterocycles. The molecule has 0 aliphatic heterocycles. The minimum atomic E-state index is -0.673. The molecule has 0 aliphatic carbocycles. The Morgan fingerprint density at radius 1 is 0.391 bits per heavy atom. The second kappa shape index (κ2) is 158. The van der Waals surface area contributed by atoms with Crippen LogP contribution >= 0.6 is 0 Å². The van der Waals surface area contributed by atoms with Crippen LogP contribution < -0.4 is 0 Å². The van der Waals surface area contributed by atoms with Crippen molar-refractivity contribution in [2.24, 2.45) is 22.7 Å². The van der Waals surface area contributed by atoms with Crippen LogP contribution in [-0.4, -0.2) is 160 Å². The number of methoxy groups -OCH3 is 2. The normalized spacial score (nSPS) is 8.75. The third-order valence-corrected chi connectivity index (χ3v) is 6.63. The molecular weight excluding hydrogens is 968 g/mol. The van der Waals surface area contributed by atoms with Crippen molar-refractivity contribution in [2.45, 2.75) is 206 Å². The molecule has 0 saturated heterocycles. The van der Waals surface area contributed by atoms with Crippen LogP contribution in [0.3, 0.4) is 0 Å². The van der Waals surface area contributed by atoms with Gasteiger partial charge in [-0.2, -0.15) is 0 Å². The van der Waals surface area contributed by atoms with Gasteiger partial charge in [0.1, 0.15) is 13.2 Å². The Labute approximate surface area is 468 Å². The minimum absolute atomic E-state index is 0. The first-order valence-corrected chi connectivity index (χ1v) is 15.7. The van der Waals surface area contributed by atoms with Gasteiger partial charge in [-0.15, -0.1) is 0 Å². The Balaban J connectivity index is -0.0000000122. The molecule has 0 amide bonds. The first kappa shape index (κ1) is 191. The summed E-state index contributed by atoms with van der Waals surface area (Å²) in [6.45, 7) is 10.7. The smallest absolute Gasteiger partial charge is 0.311 e. The second-order valence-electron chi connectivity index (χ2n) is 9.21. The summed E-state index contributed by atoms with van der Waals surface area (Å²) in [5.74, 6) is -2.04. The van der Waals surface area contributed by atoms with E-state index in [2.05, 4.69) is 0 Å². The number of aliphatic hydroxyl groups excluding tert-OH is 9. The van der Waals surface area contributed by atoms with E-state index in [1.54, 1.807) is 13.8 Å². The zero-order valence-corrected chi connectivity index (χ0v) is 37.6. The van der Waals surface area contributed by atoms with Crippen molar-refractivity contribution >= 4 is 23.9 Å². The predicted molar refractivity (Wildman–Crippen MR) is 305 cm³/mol. The van der Waals surface area contributed by atoms with Gasteiger partial charge in [-0.05, 0) is 52.4 Å². The van der Waals surface area contributed by atoms with Gasteiger partial charge in [0.15, 0.2) is 0 Å². The van der Waals surface area contributed by atoms with E-state index in [0.29, 0.717) is 38.5 Å². The van der Waals surface area contributed by atoms with Crippen LogP contribution in [0.1, 0.15) is 206 Å². The SMILES string of the molecule is C.C.C.C.C.C.C.C.C.C.C.C.C.C.C.C.C.CCC(CC(C)(CC)C(=O)OC)C(=O)OCCO.CCC(CC(C)(CC)C(=O)OC)C(=O)OCCO.CO.CO.CO.CO.CO.CO.CO.[Ti].[Ti]. The van der Waals surface area contributed by atoms with Crippen LogP contribution in [0.4, 0.5) is 0 Å². The number of aliphatic hydroxyl groups is 9. The Kier molecular flexibility index (Phi) is 437. The molecule has 454 valence electrons. The number of hydrogen-bond acceptors (Lipinski definition) is 17. The molecule has 0 aromatic rings. The number of carbonyl (C=O) groups excluding carboxylic acids is 4. The summed E-state index contributed by atoms with van der Waals surface area (Å²) in [4.78, 5) is 47.0. The van der Waals surface area contributed by atoms with E-state index in [1.807, 2.05) is 27.7 Å². The quantitative estimate of drug-likeness (QED) is 0.0394. The molecule has 17 nitrogen and oxygen atoms in total. The van der Waals surface area contributed by atoms with Crippen LogP contribution in [0.5, 0.6) is 0 Å². The molecule has 0 aromatic carbocycles. The largest absolute Gasteiger partial charge is 0.469 e. The van der Waals surface area contributed by atoms with Crippen LogP contribution in [0.25, 0.3) is 0 Å². The van der Waals surface area contributed by atoms with E-state index in [1.165, 1.54) is 14.2 Å². The average molecular weight is 1110 g/mol. The Hall–Kier alpha value is -1.05. The van der Waals surface area contributed by atoms with Crippen molar-refractivity contribution in [2.75, 3.05) is 90.4 Å². The molecule has 0 fully saturated rings. The number of hydrogen-bond donors (Lipinski definition) is 9. The molecule has 69 heavy (non-hydrogen) atoms. The topological polar surface area (TPSA) is 287 Å². The zero-order chi connectivity index (χ0) is 42.4. The molecule has 0 heterocycles. The van der Waals surface area contributed by atoms with Crippen LogP contribution in [-0.2, 0) is 81.6 Å². The zero-order valence-electron chi connectivity index (χ0n) is 34.5. The molecule has 0 rings (SSSR count). The van der Waals surface area contributed by atoms with Gasteiger partial charge < -0.3 is 64.9 Å². The number of ether oxygens (including phenoxy) is 4. The van der Waals surface area contributed by atoms with Crippen LogP contribution in [0.2, 0.25) is 0 Å². The summed E-state index contributed by atoms with van der Waals surface area (Å²) in [5, 5.41) is 66.2. The Morgan fingerprint density at radius 3 is 0.652 bits per heavy atom. The number of rotatable bonds is 16. The molecule has 0 bridgehead atoms. The molecule has 4 unspecified atom stereocenters. The molecule has 0 spiro atoms. The fourth-order valence-corrected chi connectivity index (χ4v) is 3.64. The number of esters is 4. The summed E-state index contributed by atoms with van der Waals surface area (Å²) >= 11 is 0. The monoisotopic (exact) mass is 1110 g/mol. The number of carbonyl (C=O) groups is 4. The summed E-state index contributed by atoms with van der Waals surface area (Å²) in [7, 11) is 9.70. The van der Waals surface area contributed by atoms with Gasteiger partial charge in [-0.1, -0.05) is 154 Å². The van der Waals surface area contributed by atoms with Gasteiger partial charge in [0.25, 0.3) is 0 Å². The fraction of sp³-hybridized carbons (Fsp3) is 0.920. The maximum absolute atomic E-state index is 11.8. The maximum atomic E-state index is 11.8. The van der Waals surface area contributed by atoms with Crippen molar-refractivity contribution in [1.29, 1.82) is 0 Å². The van der Waals surface area contributed by atoms with E-state index in [9.17, 15) is 19.2 Å². The molecule has 0 radical (unpaired) electrons. The van der Waals surface area contributed by atoms with Crippen molar-refractivity contribution < 1.29 is 128 Å². The molecule has 4 atom stereocenters. The summed E-state index contributed by atoms with van der Waals surface area (Å²) in [6, 6.07) is 0. The predicted octanol–water partition coefficient (Wildman–Crippen LogP) is 11.1. The maximum Gasteiger partial charge on any atom is 0.311 e. The van der Waals surface area contributed by atoms with Gasteiger partial charge in [0.2, 0.25) is 0 Å². The average Bonchev–Trinajstić information content (AvgIpc) is 3.21. The summed E-state index contributed by atoms with van der Waals surface area (Å²) in [5.41, 5.74) is -1.35. The summed E-state index contributed by atoms with van der Waals surface area (Å²) in [6.07, 6.45) is 3.19. The van der Waals surface area contributed by atoms with Gasteiger partial charge >= 0.3 is 23.9 Å². The van der Waals surface area contributed by atoms with Crippen LogP contribution in [0, 0.1) is 22.7 Å². The standard InChI is InChI=1S/2C13H24O5.7CH4O.17CH4.2Ti/c2*1-5-10(11(15)18-8-7-14)9-13(3,6-2)12(16)17-4;7*1-2;;;;;;;;;;;;;;;;;;;/h2*10,14H,5-9H2,1-4H3;7*2H,1H3;17*1H4;;. The Morgan fingerprint density at radius 2 is 0.551 bits per heavy atom. The molecule has 9 N–H and O–H groups in total. The van der Waals surface area contributed by atoms with Gasteiger partial charge in [0, 0.05) is 93.2 Å². The third kappa shape index (κ3) is 109. The first-order valence-electron chi connectivity index (χ1n) is 15.7. The van der Waals surface area contributed by atoms with Gasteiger partial charge in [-0.3, -0.25) is 19.2 Å². The van der Waals surface area contributed by atoms with Crippen LogP contribution in [0.15, 0.2) is 0 Å². The Bertz CT molecular complexity index is 646. The van der Waals surface area contributed by atoms with Crippen molar-refractivity contribution in [1.82, 2.24) is 0 Å². The molecule has 0 saturated carbocycles. The van der Waals surface area contributed by atoms with E-state index in [0.717, 1.165) is 49.8 Å². The van der Waals surface area contributed by atoms with Crippen molar-refractivity contribution in [3.05, 3.63) is 0 Å². The molecule has 0 aliphatic rings. The minimum Gasteiger partial charge on any atom is -0.469 e. The van der Waals surface area contributed by atoms with Crippen molar-refractivity contribution in [3.63, 3.8) is 0 Å². The third-order valence-electron chi connectivity index (χ3n) is 6.63. The van der Waals surface area contributed by atoms with Gasteiger partial charge in [0.05, 0.1) is 50.1 Å². The molecule has 19 heteroatoms. The fourth-order valence-electron chi connectivity index (χ4n) is 3.64. The molecular formula is C50H144O17Ti2. The van der Waals surface area contributed by atoms with E-state index in [4.69, 9.17) is 64.9 Å². The van der Waals surface area contributed by atoms with E-state index < -0.39 is 10.8 Å². The van der Waals surface area contributed by atoms with E-state index >= 15 is 0 Å². The van der Waals surface area contributed by atoms with Gasteiger partial charge in [-0.25, -0.2) is 0 Å².